The van der Waals surface area contributed by atoms with Gasteiger partial charge in [0, 0.05) is 0 Å². The van der Waals surface area contributed by atoms with Crippen molar-refractivity contribution in [2.24, 2.45) is 11.8 Å². The van der Waals surface area contributed by atoms with Crippen LogP contribution in [0.3, 0.4) is 0 Å². The quantitative estimate of drug-likeness (QED) is 0.689. The van der Waals surface area contributed by atoms with Gasteiger partial charge < -0.3 is 9.47 Å². The molecule has 4 atom stereocenters. The molecule has 2 fully saturated rings. The second-order valence-corrected chi connectivity index (χ2v) is 6.27. The maximum atomic E-state index is 11.7. The summed E-state index contributed by atoms with van der Waals surface area (Å²) in [7, 11) is 0. The average molecular weight is 254 g/mol. The summed E-state index contributed by atoms with van der Waals surface area (Å²) >= 11 is 0. The Hall–Kier alpha value is -0.730. The molecule has 3 nitrogen and oxygen atoms in total. The zero-order chi connectivity index (χ0) is 13.0. The van der Waals surface area contributed by atoms with Crippen LogP contribution in [0.2, 0.25) is 0 Å². The summed E-state index contributed by atoms with van der Waals surface area (Å²) in [5.41, 5.74) is 0. The fraction of sp³-hybridized carbons (Fsp3) is 0.933. The van der Waals surface area contributed by atoms with Gasteiger partial charge in [0.25, 0.3) is 0 Å². The number of carbonyl (C=O) groups is 1. The van der Waals surface area contributed by atoms with Gasteiger partial charge in [0.2, 0.25) is 0 Å². The third kappa shape index (κ3) is 4.18. The number of ether oxygens (including phenoxy) is 2. The van der Waals surface area contributed by atoms with Gasteiger partial charge in [-0.15, -0.1) is 0 Å². The lowest BCUT2D eigenvalue weighted by Crippen LogP contribution is -2.29. The van der Waals surface area contributed by atoms with Crippen molar-refractivity contribution in [3.8, 4) is 0 Å². The normalized spacial score (nSPS) is 37.0. The molecule has 3 heteroatoms. The Balaban J connectivity index is 1.71. The molecule has 0 aliphatic heterocycles. The third-order valence-electron chi connectivity index (χ3n) is 4.30. The van der Waals surface area contributed by atoms with Gasteiger partial charge in [-0.2, -0.15) is 0 Å². The molecule has 0 aromatic carbocycles. The maximum Gasteiger partial charge on any atom is 0.508 e. The molecule has 18 heavy (non-hydrogen) atoms. The lowest BCUT2D eigenvalue weighted by molar-refractivity contribution is -0.0277. The molecule has 0 heterocycles. The molecular formula is C15H26O3. The summed E-state index contributed by atoms with van der Waals surface area (Å²) in [6.45, 7) is 4.45. The van der Waals surface area contributed by atoms with E-state index < -0.39 is 6.16 Å². The molecule has 104 valence electrons. The number of hydrogen-bond acceptors (Lipinski definition) is 3. The minimum Gasteiger partial charge on any atom is -0.431 e. The summed E-state index contributed by atoms with van der Waals surface area (Å²) < 4.78 is 10.9. The molecule has 0 unspecified atom stereocenters. The molecule has 0 spiro atoms. The van der Waals surface area contributed by atoms with Gasteiger partial charge in [-0.05, 0) is 50.4 Å². The first-order chi connectivity index (χ1) is 8.63. The minimum atomic E-state index is -0.437. The van der Waals surface area contributed by atoms with Crippen LogP contribution in [-0.2, 0) is 9.47 Å². The molecule has 2 aliphatic carbocycles. The first kappa shape index (κ1) is 13.7. The summed E-state index contributed by atoms with van der Waals surface area (Å²) in [6.07, 6.45) is 8.58. The van der Waals surface area contributed by atoms with Gasteiger partial charge in [0.1, 0.15) is 12.2 Å². The molecule has 2 rings (SSSR count). The SMILES string of the molecule is C[C@@H]1CCC[C@H](OC(=O)O[C@H]2CCC[C@@H](C)C2)C1. The lowest BCUT2D eigenvalue weighted by Gasteiger charge is -2.29. The van der Waals surface area contributed by atoms with E-state index in [0.717, 1.165) is 25.7 Å². The van der Waals surface area contributed by atoms with Gasteiger partial charge in [0.05, 0.1) is 0 Å². The third-order valence-corrected chi connectivity index (χ3v) is 4.30. The fourth-order valence-corrected chi connectivity index (χ4v) is 3.27. The van der Waals surface area contributed by atoms with Gasteiger partial charge in [0.15, 0.2) is 0 Å². The van der Waals surface area contributed by atoms with E-state index in [4.69, 9.17) is 9.47 Å². The maximum absolute atomic E-state index is 11.7. The van der Waals surface area contributed by atoms with Crippen LogP contribution >= 0.6 is 0 Å². The summed E-state index contributed by atoms with van der Waals surface area (Å²) in [4.78, 5) is 11.7. The smallest absolute Gasteiger partial charge is 0.431 e. The van der Waals surface area contributed by atoms with Crippen molar-refractivity contribution in [1.82, 2.24) is 0 Å². The van der Waals surface area contributed by atoms with Crippen LogP contribution < -0.4 is 0 Å². The zero-order valence-electron chi connectivity index (χ0n) is 11.7. The predicted octanol–water partition coefficient (Wildman–Crippen LogP) is 4.30. The molecule has 2 saturated carbocycles. The van der Waals surface area contributed by atoms with Crippen molar-refractivity contribution in [1.29, 1.82) is 0 Å². The van der Waals surface area contributed by atoms with E-state index in [2.05, 4.69) is 13.8 Å². The predicted molar refractivity (Wildman–Crippen MR) is 70.4 cm³/mol. The fourth-order valence-electron chi connectivity index (χ4n) is 3.27. The highest BCUT2D eigenvalue weighted by Crippen LogP contribution is 2.28. The highest BCUT2D eigenvalue weighted by atomic mass is 16.7. The van der Waals surface area contributed by atoms with Gasteiger partial charge >= 0.3 is 6.16 Å². The van der Waals surface area contributed by atoms with E-state index >= 15 is 0 Å². The largest absolute Gasteiger partial charge is 0.508 e. The van der Waals surface area contributed by atoms with E-state index in [0.29, 0.717) is 11.8 Å². The van der Waals surface area contributed by atoms with E-state index in [1.807, 2.05) is 0 Å². The molecule has 0 N–H and O–H groups in total. The van der Waals surface area contributed by atoms with Gasteiger partial charge in [-0.1, -0.05) is 26.7 Å². The molecule has 0 radical (unpaired) electrons. The highest BCUT2D eigenvalue weighted by molar-refractivity contribution is 5.60. The summed E-state index contributed by atoms with van der Waals surface area (Å²) in [5, 5.41) is 0. The molecule has 0 saturated heterocycles. The van der Waals surface area contributed by atoms with Crippen LogP contribution in [0.4, 0.5) is 4.79 Å². The highest BCUT2D eigenvalue weighted by Gasteiger charge is 2.26. The van der Waals surface area contributed by atoms with Crippen LogP contribution in [0.5, 0.6) is 0 Å². The Morgan fingerprint density at radius 3 is 1.67 bits per heavy atom. The van der Waals surface area contributed by atoms with Crippen LogP contribution in [0, 0.1) is 11.8 Å². The number of carbonyl (C=O) groups excluding carboxylic acids is 1. The van der Waals surface area contributed by atoms with E-state index in [-0.39, 0.29) is 12.2 Å². The Labute approximate surface area is 110 Å². The monoisotopic (exact) mass is 254 g/mol. The van der Waals surface area contributed by atoms with Crippen molar-refractivity contribution >= 4 is 6.16 Å². The topological polar surface area (TPSA) is 35.5 Å². The van der Waals surface area contributed by atoms with Crippen molar-refractivity contribution in [3.05, 3.63) is 0 Å². The minimum absolute atomic E-state index is 0.0854. The summed E-state index contributed by atoms with van der Waals surface area (Å²) in [6, 6.07) is 0. The van der Waals surface area contributed by atoms with E-state index in [1.165, 1.54) is 25.7 Å². The van der Waals surface area contributed by atoms with Crippen LogP contribution in [0.15, 0.2) is 0 Å². The Kier molecular flexibility index (Phi) is 4.90. The molecule has 0 aromatic heterocycles. The molecule has 2 aliphatic rings. The van der Waals surface area contributed by atoms with Gasteiger partial charge in [-0.25, -0.2) is 4.79 Å². The Morgan fingerprint density at radius 2 is 1.28 bits per heavy atom. The standard InChI is InChI=1S/C15H26O3/c1-11-5-3-7-13(9-11)17-15(16)18-14-8-4-6-12(2)10-14/h11-14H,3-10H2,1-2H3/t11-,12-,13+,14+/m1/s1. The Bertz CT molecular complexity index is 251. The van der Waals surface area contributed by atoms with Crippen LogP contribution in [0.25, 0.3) is 0 Å². The first-order valence-corrected chi connectivity index (χ1v) is 7.50. The summed E-state index contributed by atoms with van der Waals surface area (Å²) in [5.74, 6) is 1.34. The number of rotatable bonds is 2. The van der Waals surface area contributed by atoms with Crippen molar-refractivity contribution < 1.29 is 14.3 Å². The van der Waals surface area contributed by atoms with Crippen molar-refractivity contribution in [2.75, 3.05) is 0 Å². The molecular weight excluding hydrogens is 228 g/mol. The molecule has 0 aromatic rings. The molecule has 0 amide bonds. The average Bonchev–Trinajstić information content (AvgIpc) is 2.28. The van der Waals surface area contributed by atoms with Crippen LogP contribution in [-0.4, -0.2) is 18.4 Å². The zero-order valence-corrected chi connectivity index (χ0v) is 11.7. The second-order valence-electron chi connectivity index (χ2n) is 6.27. The number of hydrogen-bond donors (Lipinski definition) is 0. The van der Waals surface area contributed by atoms with Crippen molar-refractivity contribution in [2.45, 2.75) is 77.4 Å². The van der Waals surface area contributed by atoms with E-state index in [9.17, 15) is 4.79 Å². The second kappa shape index (κ2) is 6.44. The van der Waals surface area contributed by atoms with E-state index in [1.54, 1.807) is 0 Å². The van der Waals surface area contributed by atoms with Crippen LogP contribution in [0.1, 0.15) is 65.2 Å². The van der Waals surface area contributed by atoms with Gasteiger partial charge in [-0.3, -0.25) is 0 Å². The molecule has 0 bridgehead atoms. The Morgan fingerprint density at radius 1 is 0.833 bits per heavy atom. The first-order valence-electron chi connectivity index (χ1n) is 7.50. The van der Waals surface area contributed by atoms with Crippen molar-refractivity contribution in [3.63, 3.8) is 0 Å². The lowest BCUT2D eigenvalue weighted by atomic mass is 9.88.